The molecule has 0 heterocycles. The molecule has 0 fully saturated rings. The predicted molar refractivity (Wildman–Crippen MR) is 92.2 cm³/mol. The third-order valence-corrected chi connectivity index (χ3v) is 3.72. The summed E-state index contributed by atoms with van der Waals surface area (Å²) in [5.74, 6) is 0. The quantitative estimate of drug-likeness (QED) is 0.525. The van der Waals surface area contributed by atoms with Crippen LogP contribution in [-0.2, 0) is 12.6 Å². The number of benzene rings is 2. The monoisotopic (exact) mass is 362 g/mol. The van der Waals surface area contributed by atoms with Gasteiger partial charge in [-0.15, -0.1) is 0 Å². The highest BCUT2D eigenvalue weighted by Crippen LogP contribution is 2.37. The first kappa shape index (κ1) is 19.9. The van der Waals surface area contributed by atoms with Gasteiger partial charge in [-0.3, -0.25) is 0 Å². The first-order valence-electron chi connectivity index (χ1n) is 7.48. The highest BCUT2D eigenvalue weighted by molar-refractivity contribution is 6.36. The van der Waals surface area contributed by atoms with E-state index in [1.807, 2.05) is 20.8 Å². The van der Waals surface area contributed by atoms with Crippen molar-refractivity contribution in [2.24, 2.45) is 0 Å². The molecule has 0 N–H and O–H groups in total. The number of halogens is 5. The standard InChI is InChI=1S/C16H13Cl2F3.C2H6/c1-2-3-10-4-5-11(8-14(10)16(19,20)21)13-7-6-12(17)9-15(13)18;1-2/h4-9H,2-3H2,1H3;1-2H3. The van der Waals surface area contributed by atoms with Crippen molar-refractivity contribution >= 4 is 23.2 Å². The average Bonchev–Trinajstić information content (AvgIpc) is 2.49. The molecule has 0 nitrogen and oxygen atoms in total. The maximum absolute atomic E-state index is 13.2. The van der Waals surface area contributed by atoms with Crippen LogP contribution in [-0.4, -0.2) is 0 Å². The SMILES string of the molecule is CC.CCCc1ccc(-c2ccc(Cl)cc2Cl)cc1C(F)(F)F. The lowest BCUT2D eigenvalue weighted by atomic mass is 9.96. The molecular weight excluding hydrogens is 344 g/mol. The highest BCUT2D eigenvalue weighted by Gasteiger charge is 2.33. The number of alkyl halides is 3. The molecule has 126 valence electrons. The van der Waals surface area contributed by atoms with Crippen molar-refractivity contribution in [1.82, 2.24) is 0 Å². The first-order valence-corrected chi connectivity index (χ1v) is 8.24. The largest absolute Gasteiger partial charge is 0.416 e. The van der Waals surface area contributed by atoms with E-state index in [9.17, 15) is 13.2 Å². The van der Waals surface area contributed by atoms with Gasteiger partial charge in [0.05, 0.1) is 5.56 Å². The Morgan fingerprint density at radius 2 is 1.61 bits per heavy atom. The Hall–Kier alpha value is -1.19. The van der Waals surface area contributed by atoms with E-state index in [1.54, 1.807) is 18.2 Å². The Morgan fingerprint density at radius 3 is 2.13 bits per heavy atom. The summed E-state index contributed by atoms with van der Waals surface area (Å²) >= 11 is 11.9. The highest BCUT2D eigenvalue weighted by atomic mass is 35.5. The minimum Gasteiger partial charge on any atom is -0.166 e. The summed E-state index contributed by atoms with van der Waals surface area (Å²) in [6, 6.07) is 9.09. The lowest BCUT2D eigenvalue weighted by Gasteiger charge is -2.15. The third kappa shape index (κ3) is 5.15. The van der Waals surface area contributed by atoms with Gasteiger partial charge >= 0.3 is 6.18 Å². The van der Waals surface area contributed by atoms with Gasteiger partial charge < -0.3 is 0 Å². The van der Waals surface area contributed by atoms with E-state index in [1.165, 1.54) is 12.1 Å². The second-order valence-corrected chi connectivity index (χ2v) is 5.59. The van der Waals surface area contributed by atoms with Crippen LogP contribution in [0.15, 0.2) is 36.4 Å². The minimum atomic E-state index is -4.38. The molecule has 0 saturated heterocycles. The van der Waals surface area contributed by atoms with Crippen LogP contribution in [0.25, 0.3) is 11.1 Å². The molecule has 0 bridgehead atoms. The molecule has 0 unspecified atom stereocenters. The molecule has 0 atom stereocenters. The summed E-state index contributed by atoms with van der Waals surface area (Å²) in [7, 11) is 0. The Balaban J connectivity index is 0.00000127. The van der Waals surface area contributed by atoms with Gasteiger partial charge in [0.1, 0.15) is 0 Å². The number of hydrogen-bond acceptors (Lipinski definition) is 0. The summed E-state index contributed by atoms with van der Waals surface area (Å²) in [5.41, 5.74) is 0.671. The van der Waals surface area contributed by atoms with Gasteiger partial charge in [-0.05, 0) is 35.7 Å². The van der Waals surface area contributed by atoms with Gasteiger partial charge in [-0.25, -0.2) is 0 Å². The summed E-state index contributed by atoms with van der Waals surface area (Å²) < 4.78 is 39.5. The van der Waals surface area contributed by atoms with Crippen molar-refractivity contribution in [3.05, 3.63) is 57.6 Å². The molecule has 0 aliphatic heterocycles. The maximum Gasteiger partial charge on any atom is 0.416 e. The van der Waals surface area contributed by atoms with Crippen molar-refractivity contribution in [3.63, 3.8) is 0 Å². The number of hydrogen-bond donors (Lipinski definition) is 0. The molecule has 0 amide bonds. The molecule has 2 aromatic rings. The van der Waals surface area contributed by atoms with E-state index in [0.29, 0.717) is 39.6 Å². The molecule has 0 spiro atoms. The zero-order chi connectivity index (χ0) is 17.6. The number of aryl methyl sites for hydroxylation is 1. The van der Waals surface area contributed by atoms with Crippen LogP contribution in [0.1, 0.15) is 38.3 Å². The van der Waals surface area contributed by atoms with Gasteiger partial charge in [0, 0.05) is 15.6 Å². The third-order valence-electron chi connectivity index (χ3n) is 3.18. The van der Waals surface area contributed by atoms with E-state index < -0.39 is 11.7 Å². The fourth-order valence-corrected chi connectivity index (χ4v) is 2.74. The Labute approximate surface area is 145 Å². The van der Waals surface area contributed by atoms with E-state index >= 15 is 0 Å². The topological polar surface area (TPSA) is 0 Å². The van der Waals surface area contributed by atoms with Crippen LogP contribution in [0.3, 0.4) is 0 Å². The second kappa shape index (κ2) is 8.60. The smallest absolute Gasteiger partial charge is 0.166 e. The molecule has 23 heavy (non-hydrogen) atoms. The molecule has 0 aromatic heterocycles. The van der Waals surface area contributed by atoms with Crippen LogP contribution in [0.4, 0.5) is 13.2 Å². The molecular formula is C18H19Cl2F3. The van der Waals surface area contributed by atoms with Gasteiger partial charge in [-0.2, -0.15) is 13.2 Å². The van der Waals surface area contributed by atoms with Crippen molar-refractivity contribution in [2.45, 2.75) is 39.8 Å². The van der Waals surface area contributed by atoms with Gasteiger partial charge in [0.2, 0.25) is 0 Å². The summed E-state index contributed by atoms with van der Waals surface area (Å²) in [6.07, 6.45) is -3.33. The Bertz CT molecular complexity index is 649. The molecule has 2 aromatic carbocycles. The van der Waals surface area contributed by atoms with E-state index in [2.05, 4.69) is 0 Å². The molecule has 2 rings (SSSR count). The van der Waals surface area contributed by atoms with Crippen molar-refractivity contribution in [2.75, 3.05) is 0 Å². The van der Waals surface area contributed by atoms with E-state index in [-0.39, 0.29) is 0 Å². The summed E-state index contributed by atoms with van der Waals surface area (Å²) in [5, 5.41) is 0.779. The van der Waals surface area contributed by atoms with Gasteiger partial charge in [0.15, 0.2) is 0 Å². The summed E-state index contributed by atoms with van der Waals surface area (Å²) in [4.78, 5) is 0. The predicted octanol–water partition coefficient (Wildman–Crippen LogP) is 7.66. The fourth-order valence-electron chi connectivity index (χ4n) is 2.22. The lowest BCUT2D eigenvalue weighted by Crippen LogP contribution is -2.09. The normalized spacial score (nSPS) is 11.0. The lowest BCUT2D eigenvalue weighted by molar-refractivity contribution is -0.138. The zero-order valence-corrected chi connectivity index (χ0v) is 14.8. The van der Waals surface area contributed by atoms with Crippen LogP contribution in [0.5, 0.6) is 0 Å². The van der Waals surface area contributed by atoms with Crippen molar-refractivity contribution in [1.29, 1.82) is 0 Å². The van der Waals surface area contributed by atoms with Gasteiger partial charge in [0.25, 0.3) is 0 Å². The van der Waals surface area contributed by atoms with Crippen molar-refractivity contribution < 1.29 is 13.2 Å². The van der Waals surface area contributed by atoms with Crippen LogP contribution >= 0.6 is 23.2 Å². The van der Waals surface area contributed by atoms with E-state index in [4.69, 9.17) is 23.2 Å². The van der Waals surface area contributed by atoms with E-state index in [0.717, 1.165) is 6.07 Å². The van der Waals surface area contributed by atoms with Crippen LogP contribution in [0.2, 0.25) is 10.0 Å². The Kier molecular flexibility index (Phi) is 7.43. The fraction of sp³-hybridized carbons (Fsp3) is 0.333. The number of rotatable bonds is 3. The Morgan fingerprint density at radius 1 is 0.957 bits per heavy atom. The molecule has 0 aliphatic rings. The zero-order valence-electron chi connectivity index (χ0n) is 13.3. The minimum absolute atomic E-state index is 0.304. The van der Waals surface area contributed by atoms with Crippen LogP contribution in [0, 0.1) is 0 Å². The second-order valence-electron chi connectivity index (χ2n) is 4.74. The van der Waals surface area contributed by atoms with Crippen LogP contribution < -0.4 is 0 Å². The molecule has 0 aliphatic carbocycles. The maximum atomic E-state index is 13.2. The van der Waals surface area contributed by atoms with Crippen molar-refractivity contribution in [3.8, 4) is 11.1 Å². The summed E-state index contributed by atoms with van der Waals surface area (Å²) in [6.45, 7) is 5.85. The molecule has 5 heteroatoms. The first-order chi connectivity index (χ1) is 10.8. The molecule has 0 radical (unpaired) electrons. The average molecular weight is 363 g/mol. The molecule has 0 saturated carbocycles. The van der Waals surface area contributed by atoms with Gasteiger partial charge in [-0.1, -0.05) is 68.6 Å².